The normalized spacial score (nSPS) is 14.6. The van der Waals surface area contributed by atoms with Gasteiger partial charge in [0.25, 0.3) is 12.1 Å². The third-order valence-electron chi connectivity index (χ3n) is 7.13. The molecule has 0 spiro atoms. The van der Waals surface area contributed by atoms with Gasteiger partial charge >= 0.3 is 0 Å². The van der Waals surface area contributed by atoms with Gasteiger partial charge in [-0.15, -0.1) is 0 Å². The lowest BCUT2D eigenvalue weighted by atomic mass is 9.98. The summed E-state index contributed by atoms with van der Waals surface area (Å²) in [6.07, 6.45) is 2.93. The van der Waals surface area contributed by atoms with Crippen molar-refractivity contribution >= 4 is 29.5 Å². The number of hydrogen-bond donors (Lipinski definition) is 7. The fourth-order valence-electron chi connectivity index (χ4n) is 4.39. The van der Waals surface area contributed by atoms with E-state index < -0.39 is 41.7 Å². The molecule has 0 aliphatic rings. The van der Waals surface area contributed by atoms with Crippen LogP contribution in [0.1, 0.15) is 78.6 Å². The van der Waals surface area contributed by atoms with Gasteiger partial charge in [0.15, 0.2) is 0 Å². The lowest BCUT2D eigenvalue weighted by Crippen LogP contribution is -2.56. The van der Waals surface area contributed by atoms with Crippen LogP contribution in [0, 0.1) is 23.6 Å². The number of carbonyl (C=O) groups is 5. The van der Waals surface area contributed by atoms with E-state index in [4.69, 9.17) is 0 Å². The number of nitrogens with one attached hydrogen (secondary N) is 6. The second-order valence-electron chi connectivity index (χ2n) is 11.8. The van der Waals surface area contributed by atoms with Gasteiger partial charge < -0.3 is 31.9 Å². The second kappa shape index (κ2) is 18.8. The van der Waals surface area contributed by atoms with Crippen molar-refractivity contribution < 1.29 is 38.3 Å². The minimum absolute atomic E-state index is 0.109. The monoisotopic (exact) mass is 624 g/mol. The quantitative estimate of drug-likeness (QED) is 0.0911. The van der Waals surface area contributed by atoms with Gasteiger partial charge in [-0.3, -0.25) is 29.2 Å². The maximum atomic E-state index is 14.2. The average Bonchev–Trinajstić information content (AvgIpc) is 2.94. The fourth-order valence-corrected chi connectivity index (χ4v) is 4.39. The van der Waals surface area contributed by atoms with Crippen LogP contribution in [-0.2, 0) is 19.2 Å². The first-order chi connectivity index (χ1) is 20.6. The Hall–Kier alpha value is -3.81. The predicted octanol–water partition coefficient (Wildman–Crippen LogP) is 0.397. The molecule has 7 N–H and O–H groups in total. The first kappa shape index (κ1) is 38.2. The Morgan fingerprint density at radius 2 is 1.52 bits per heavy atom. The molecule has 0 bridgehead atoms. The molecule has 13 nitrogen and oxygen atoms in total. The van der Waals surface area contributed by atoms with Gasteiger partial charge in [0.2, 0.25) is 35.6 Å². The van der Waals surface area contributed by atoms with Gasteiger partial charge in [0, 0.05) is 29.9 Å². The van der Waals surface area contributed by atoms with Crippen molar-refractivity contribution in [2.24, 2.45) is 17.8 Å². The van der Waals surface area contributed by atoms with Gasteiger partial charge in [-0.2, -0.15) is 4.39 Å². The summed E-state index contributed by atoms with van der Waals surface area (Å²) in [7, 11) is 0. The smallest absolute Gasteiger partial charge is 0.258 e. The summed E-state index contributed by atoms with van der Waals surface area (Å²) in [5.41, 5.74) is -0.343. The Labute approximate surface area is 259 Å². The average molecular weight is 625 g/mol. The van der Waals surface area contributed by atoms with Gasteiger partial charge in [0.1, 0.15) is 12.1 Å². The largest absolute Gasteiger partial charge is 0.355 e. The molecule has 1 aromatic heterocycles. The van der Waals surface area contributed by atoms with E-state index >= 15 is 0 Å². The van der Waals surface area contributed by atoms with Crippen molar-refractivity contribution in [2.45, 2.75) is 92.4 Å². The zero-order valence-corrected chi connectivity index (χ0v) is 27.1. The highest BCUT2D eigenvalue weighted by molar-refractivity contribution is 5.98. The molecular formula is C30H51FN7O6+. The summed E-state index contributed by atoms with van der Waals surface area (Å²) in [5, 5.41) is 25.9. The number of pyridine rings is 1. The predicted molar refractivity (Wildman–Crippen MR) is 162 cm³/mol. The van der Waals surface area contributed by atoms with Crippen LogP contribution in [0.4, 0.5) is 4.39 Å². The molecule has 0 saturated carbocycles. The van der Waals surface area contributed by atoms with Gasteiger partial charge in [-0.05, 0) is 38.0 Å². The van der Waals surface area contributed by atoms with E-state index in [2.05, 4.69) is 31.9 Å². The lowest BCUT2D eigenvalue weighted by molar-refractivity contribution is -0.905. The van der Waals surface area contributed by atoms with Crippen molar-refractivity contribution in [2.75, 3.05) is 19.6 Å². The molecule has 1 rings (SSSR count). The van der Waals surface area contributed by atoms with Crippen molar-refractivity contribution in [3.8, 4) is 0 Å². The fraction of sp³-hybridized carbons (Fsp3) is 0.667. The van der Waals surface area contributed by atoms with Crippen LogP contribution < -0.4 is 36.6 Å². The highest BCUT2D eigenvalue weighted by Crippen LogP contribution is 2.11. The molecule has 0 saturated heterocycles. The number of rotatable bonds is 18. The van der Waals surface area contributed by atoms with E-state index in [-0.39, 0.29) is 54.3 Å². The molecule has 0 aliphatic heterocycles. The number of aromatic nitrogens is 1. The van der Waals surface area contributed by atoms with Crippen LogP contribution in [-0.4, -0.2) is 78.5 Å². The molecule has 1 heterocycles. The highest BCUT2D eigenvalue weighted by atomic mass is 19.1. The SMILES string of the molecule is CCNC(=O)C(NC(=O)[C@H](C)NCC(CC(C)C)NC(=O)CNC(=O)C(NC(=O)c1cc[n+](O)cc1F)C(C)CC)C(C)C. The molecule has 5 atom stereocenters. The number of hydrogen-bond acceptors (Lipinski definition) is 7. The van der Waals surface area contributed by atoms with Crippen LogP contribution in [0.5, 0.6) is 0 Å². The van der Waals surface area contributed by atoms with Gasteiger partial charge in [0.05, 0.1) is 18.2 Å². The summed E-state index contributed by atoms with van der Waals surface area (Å²) in [6.45, 7) is 15.1. The van der Waals surface area contributed by atoms with Gasteiger partial charge in [-0.1, -0.05) is 48.0 Å². The summed E-state index contributed by atoms with van der Waals surface area (Å²) in [5.74, 6) is -3.69. The number of carbonyl (C=O) groups excluding carboxylic acids is 5. The van der Waals surface area contributed by atoms with Gasteiger partial charge in [-0.25, -0.2) is 0 Å². The maximum absolute atomic E-state index is 14.2. The zero-order chi connectivity index (χ0) is 33.6. The molecule has 0 radical (unpaired) electrons. The highest BCUT2D eigenvalue weighted by Gasteiger charge is 2.29. The third kappa shape index (κ3) is 12.8. The summed E-state index contributed by atoms with van der Waals surface area (Å²) in [6, 6.07) is -1.64. The first-order valence-electron chi connectivity index (χ1n) is 15.2. The molecule has 4 unspecified atom stereocenters. The van der Waals surface area contributed by atoms with E-state index in [1.54, 1.807) is 20.8 Å². The Morgan fingerprint density at radius 1 is 0.886 bits per heavy atom. The van der Waals surface area contributed by atoms with E-state index in [0.717, 1.165) is 18.5 Å². The summed E-state index contributed by atoms with van der Waals surface area (Å²) >= 11 is 0. The molecule has 44 heavy (non-hydrogen) atoms. The van der Waals surface area contributed by atoms with Crippen molar-refractivity contribution in [3.05, 3.63) is 29.8 Å². The molecule has 0 aliphatic carbocycles. The first-order valence-corrected chi connectivity index (χ1v) is 15.2. The van der Waals surface area contributed by atoms with Crippen LogP contribution in [0.25, 0.3) is 0 Å². The van der Waals surface area contributed by atoms with Crippen LogP contribution in [0.3, 0.4) is 0 Å². The van der Waals surface area contributed by atoms with Crippen LogP contribution in [0.15, 0.2) is 18.5 Å². The Balaban J connectivity index is 2.78. The molecule has 5 amide bonds. The van der Waals surface area contributed by atoms with E-state index in [9.17, 15) is 33.6 Å². The topological polar surface area (TPSA) is 182 Å². The number of nitrogens with zero attached hydrogens (tertiary/aromatic N) is 1. The van der Waals surface area contributed by atoms with Crippen molar-refractivity contribution in [1.29, 1.82) is 0 Å². The Kier molecular flexibility index (Phi) is 16.3. The molecular weight excluding hydrogens is 573 g/mol. The molecule has 248 valence electrons. The summed E-state index contributed by atoms with van der Waals surface area (Å²) in [4.78, 5) is 63.6. The van der Waals surface area contributed by atoms with Crippen molar-refractivity contribution in [1.82, 2.24) is 31.9 Å². The molecule has 0 aromatic carbocycles. The number of halogens is 1. The third-order valence-corrected chi connectivity index (χ3v) is 7.13. The van der Waals surface area contributed by atoms with Crippen molar-refractivity contribution in [3.63, 3.8) is 0 Å². The molecule has 0 fully saturated rings. The lowest BCUT2D eigenvalue weighted by Gasteiger charge is -2.26. The molecule has 14 heteroatoms. The van der Waals surface area contributed by atoms with Crippen LogP contribution >= 0.6 is 0 Å². The Morgan fingerprint density at radius 3 is 2.07 bits per heavy atom. The van der Waals surface area contributed by atoms with E-state index in [0.29, 0.717) is 24.1 Å². The molecule has 1 aromatic rings. The second-order valence-corrected chi connectivity index (χ2v) is 11.8. The minimum Gasteiger partial charge on any atom is -0.355 e. The number of likely N-dealkylation sites (N-methyl/N-ethyl adjacent to an activating group) is 1. The maximum Gasteiger partial charge on any atom is 0.258 e. The zero-order valence-electron chi connectivity index (χ0n) is 27.1. The summed E-state index contributed by atoms with van der Waals surface area (Å²) < 4.78 is 14.6. The number of amides is 5. The minimum atomic E-state index is -1.04. The van der Waals surface area contributed by atoms with Crippen LogP contribution in [0.2, 0.25) is 0 Å². The Bertz CT molecular complexity index is 1130. The van der Waals surface area contributed by atoms with E-state index in [1.807, 2.05) is 34.6 Å². The van der Waals surface area contributed by atoms with E-state index in [1.165, 1.54) is 0 Å². The standard InChI is InChI=1S/C30H50FN7O6/c1-9-19(7)26(37-28(41)22-11-12-38(44)16-23(22)31)30(43)34-15-24(39)35-21(13-17(3)4)14-33-20(8)27(40)36-25(18(5)6)29(42)32-10-2/h11-12,16-21,25-26,33H,9-10,13-15H2,1-8H3,(H5-,32,34,35,36,37,39,40,41,42,43,44)/p+1/t19?,20-,21?,25?,26?/m0/s1.